The Morgan fingerprint density at radius 3 is 2.67 bits per heavy atom. The Morgan fingerprint density at radius 2 is 2.20 bits per heavy atom. The van der Waals surface area contributed by atoms with Crippen LogP contribution in [0.2, 0.25) is 0 Å². The molecule has 0 aromatic heterocycles. The first-order valence-corrected chi connectivity index (χ1v) is 5.33. The Labute approximate surface area is 95.2 Å². The third kappa shape index (κ3) is 1.59. The molecule has 1 aliphatic carbocycles. The van der Waals surface area contributed by atoms with E-state index in [9.17, 15) is 9.50 Å². The zero-order chi connectivity index (χ0) is 11.2. The van der Waals surface area contributed by atoms with E-state index in [1.54, 1.807) is 0 Å². The van der Waals surface area contributed by atoms with Gasteiger partial charge in [0.2, 0.25) is 0 Å². The molecule has 3 N–H and O–H groups in total. The van der Waals surface area contributed by atoms with E-state index in [1.807, 2.05) is 0 Å². The summed E-state index contributed by atoms with van der Waals surface area (Å²) in [6.07, 6.45) is 1.37. The average molecular weight is 276 g/mol. The Hall–Kier alpha value is -0.810. The van der Waals surface area contributed by atoms with Gasteiger partial charge in [-0.15, -0.1) is 0 Å². The van der Waals surface area contributed by atoms with Crippen molar-refractivity contribution < 1.29 is 14.2 Å². The van der Waals surface area contributed by atoms with Crippen LogP contribution in [0.4, 0.5) is 4.39 Å². The molecule has 0 heterocycles. The van der Waals surface area contributed by atoms with Crippen LogP contribution < -0.4 is 10.5 Å². The Bertz CT molecular complexity index is 418. The third-order valence-electron chi connectivity index (χ3n) is 2.65. The summed E-state index contributed by atoms with van der Waals surface area (Å²) in [4.78, 5) is 0. The van der Waals surface area contributed by atoms with Crippen LogP contribution in [0.3, 0.4) is 0 Å². The standard InChI is InChI=1S/C10H11BrFNO2/c1-15-9-5(11)4-6(12)7(8(9)14)10(13)2-3-10/h4,14H,2-3,13H2,1H3. The molecule has 0 radical (unpaired) electrons. The van der Waals surface area contributed by atoms with Gasteiger partial charge < -0.3 is 15.6 Å². The molecule has 0 saturated heterocycles. The molecule has 5 heteroatoms. The summed E-state index contributed by atoms with van der Waals surface area (Å²) >= 11 is 3.11. The molecule has 2 rings (SSSR count). The van der Waals surface area contributed by atoms with Crippen molar-refractivity contribution in [1.29, 1.82) is 0 Å². The summed E-state index contributed by atoms with van der Waals surface area (Å²) in [7, 11) is 1.41. The third-order valence-corrected chi connectivity index (χ3v) is 3.24. The van der Waals surface area contributed by atoms with E-state index >= 15 is 0 Å². The first-order valence-electron chi connectivity index (χ1n) is 4.54. The van der Waals surface area contributed by atoms with Crippen LogP contribution in [-0.4, -0.2) is 12.2 Å². The van der Waals surface area contributed by atoms with Crippen molar-refractivity contribution in [2.24, 2.45) is 5.73 Å². The average Bonchev–Trinajstić information content (AvgIpc) is 2.83. The molecule has 1 aliphatic rings. The highest BCUT2D eigenvalue weighted by atomic mass is 79.9. The van der Waals surface area contributed by atoms with E-state index in [1.165, 1.54) is 13.2 Å². The highest BCUT2D eigenvalue weighted by Gasteiger charge is 2.45. The van der Waals surface area contributed by atoms with E-state index in [0.29, 0.717) is 17.3 Å². The van der Waals surface area contributed by atoms with Crippen LogP contribution in [0.25, 0.3) is 0 Å². The van der Waals surface area contributed by atoms with Crippen molar-refractivity contribution in [2.75, 3.05) is 7.11 Å². The molecule has 0 amide bonds. The molecule has 0 aliphatic heterocycles. The molecular formula is C10H11BrFNO2. The zero-order valence-electron chi connectivity index (χ0n) is 8.18. The number of phenols is 1. The molecule has 3 nitrogen and oxygen atoms in total. The second kappa shape index (κ2) is 3.35. The number of ether oxygens (including phenoxy) is 1. The van der Waals surface area contributed by atoms with Gasteiger partial charge in [0.15, 0.2) is 11.5 Å². The largest absolute Gasteiger partial charge is 0.504 e. The monoisotopic (exact) mass is 275 g/mol. The molecule has 82 valence electrons. The van der Waals surface area contributed by atoms with Gasteiger partial charge in [-0.25, -0.2) is 4.39 Å². The molecule has 0 bridgehead atoms. The SMILES string of the molecule is COc1c(Br)cc(F)c(C2(N)CC2)c1O. The lowest BCUT2D eigenvalue weighted by Gasteiger charge is -2.16. The number of methoxy groups -OCH3 is 1. The number of benzene rings is 1. The molecule has 0 unspecified atom stereocenters. The quantitative estimate of drug-likeness (QED) is 0.871. The molecule has 0 atom stereocenters. The Balaban J connectivity index is 2.64. The molecule has 1 saturated carbocycles. The number of hydrogen-bond acceptors (Lipinski definition) is 3. The minimum absolute atomic E-state index is 0.155. The predicted octanol–water partition coefficient (Wildman–Crippen LogP) is 2.25. The van der Waals surface area contributed by atoms with Crippen molar-refractivity contribution >= 4 is 15.9 Å². The second-order valence-corrected chi connectivity index (χ2v) is 4.61. The van der Waals surface area contributed by atoms with Crippen LogP contribution in [0, 0.1) is 5.82 Å². The van der Waals surface area contributed by atoms with Gasteiger partial charge in [0.1, 0.15) is 5.82 Å². The van der Waals surface area contributed by atoms with Gasteiger partial charge in [0.05, 0.1) is 17.1 Å². The minimum atomic E-state index is -0.720. The van der Waals surface area contributed by atoms with Crippen molar-refractivity contribution in [3.63, 3.8) is 0 Å². The van der Waals surface area contributed by atoms with E-state index in [-0.39, 0.29) is 17.1 Å². The van der Waals surface area contributed by atoms with Crippen molar-refractivity contribution in [3.8, 4) is 11.5 Å². The van der Waals surface area contributed by atoms with Crippen LogP contribution >= 0.6 is 15.9 Å². The molecular weight excluding hydrogens is 265 g/mol. The van der Waals surface area contributed by atoms with Gasteiger partial charge in [-0.3, -0.25) is 0 Å². The number of rotatable bonds is 2. The fourth-order valence-corrected chi connectivity index (χ4v) is 2.19. The predicted molar refractivity (Wildman–Crippen MR) is 57.4 cm³/mol. The summed E-state index contributed by atoms with van der Waals surface area (Å²) in [5, 5.41) is 9.85. The summed E-state index contributed by atoms with van der Waals surface area (Å²) in [6.45, 7) is 0. The topological polar surface area (TPSA) is 55.5 Å². The van der Waals surface area contributed by atoms with E-state index < -0.39 is 11.4 Å². The van der Waals surface area contributed by atoms with Gasteiger partial charge in [0, 0.05) is 5.54 Å². The van der Waals surface area contributed by atoms with Crippen molar-refractivity contribution in [3.05, 3.63) is 21.9 Å². The molecule has 1 fully saturated rings. The Kier molecular flexibility index (Phi) is 2.39. The number of aromatic hydroxyl groups is 1. The molecule has 15 heavy (non-hydrogen) atoms. The summed E-state index contributed by atoms with van der Waals surface area (Å²) < 4.78 is 19.0. The van der Waals surface area contributed by atoms with Gasteiger partial charge >= 0.3 is 0 Å². The first kappa shape index (κ1) is 10.7. The van der Waals surface area contributed by atoms with Crippen LogP contribution in [-0.2, 0) is 5.54 Å². The van der Waals surface area contributed by atoms with Gasteiger partial charge in [-0.05, 0) is 34.8 Å². The molecule has 1 aromatic carbocycles. The maximum Gasteiger partial charge on any atom is 0.175 e. The van der Waals surface area contributed by atoms with Crippen LogP contribution in [0.1, 0.15) is 18.4 Å². The zero-order valence-corrected chi connectivity index (χ0v) is 9.77. The summed E-state index contributed by atoms with van der Waals surface area (Å²) in [6, 6.07) is 1.26. The Morgan fingerprint density at radius 1 is 1.60 bits per heavy atom. The van der Waals surface area contributed by atoms with E-state index in [0.717, 1.165) is 0 Å². The fraction of sp³-hybridized carbons (Fsp3) is 0.400. The highest BCUT2D eigenvalue weighted by Crippen LogP contribution is 2.51. The second-order valence-electron chi connectivity index (χ2n) is 3.75. The molecule has 1 aromatic rings. The lowest BCUT2D eigenvalue weighted by Crippen LogP contribution is -2.20. The number of phenolic OH excluding ortho intramolecular Hbond substituents is 1. The normalized spacial score (nSPS) is 17.6. The maximum absolute atomic E-state index is 13.6. The smallest absolute Gasteiger partial charge is 0.175 e. The van der Waals surface area contributed by atoms with E-state index in [4.69, 9.17) is 10.5 Å². The van der Waals surface area contributed by atoms with E-state index in [2.05, 4.69) is 15.9 Å². The number of nitrogens with two attached hydrogens (primary N) is 1. The van der Waals surface area contributed by atoms with Gasteiger partial charge in [-0.1, -0.05) is 0 Å². The number of halogens is 2. The highest BCUT2D eigenvalue weighted by molar-refractivity contribution is 9.10. The minimum Gasteiger partial charge on any atom is -0.504 e. The summed E-state index contributed by atoms with van der Waals surface area (Å²) in [5.74, 6) is -0.479. The first-order chi connectivity index (χ1) is 6.99. The van der Waals surface area contributed by atoms with Gasteiger partial charge in [0.25, 0.3) is 0 Å². The van der Waals surface area contributed by atoms with Crippen LogP contribution in [0.5, 0.6) is 11.5 Å². The maximum atomic E-state index is 13.6. The lowest BCUT2D eigenvalue weighted by molar-refractivity contribution is 0.360. The van der Waals surface area contributed by atoms with Crippen molar-refractivity contribution in [1.82, 2.24) is 0 Å². The van der Waals surface area contributed by atoms with Crippen LogP contribution in [0.15, 0.2) is 10.5 Å². The molecule has 0 spiro atoms. The summed E-state index contributed by atoms with van der Waals surface area (Å²) in [5.41, 5.74) is 5.31. The van der Waals surface area contributed by atoms with Crippen molar-refractivity contribution in [2.45, 2.75) is 18.4 Å². The van der Waals surface area contributed by atoms with Gasteiger partial charge in [-0.2, -0.15) is 0 Å². The number of hydrogen-bond donors (Lipinski definition) is 2. The fourth-order valence-electron chi connectivity index (χ4n) is 1.64. The lowest BCUT2D eigenvalue weighted by atomic mass is 10.0.